The quantitative estimate of drug-likeness (QED) is 0.483. The zero-order valence-electron chi connectivity index (χ0n) is 10.5. The highest BCUT2D eigenvalue weighted by Crippen LogP contribution is 2.20. The number of unbranched alkanes of at least 4 members (excludes halogenated alkanes) is 4. The fraction of sp³-hybridized carbons (Fsp3) is 0.857. The van der Waals surface area contributed by atoms with Crippen molar-refractivity contribution in [2.45, 2.75) is 77.2 Å². The van der Waals surface area contributed by atoms with E-state index < -0.39 is 0 Å². The molecule has 0 unspecified atom stereocenters. The number of rotatable bonds is 7. The average Bonchev–Trinajstić information content (AvgIpc) is 2.30. The van der Waals surface area contributed by atoms with Crippen molar-refractivity contribution in [1.82, 2.24) is 0 Å². The molecular formula is C14H25O2. The van der Waals surface area contributed by atoms with E-state index in [1.807, 2.05) is 0 Å². The zero-order chi connectivity index (χ0) is 11.6. The van der Waals surface area contributed by atoms with Crippen molar-refractivity contribution in [2.24, 2.45) is 0 Å². The van der Waals surface area contributed by atoms with Crippen LogP contribution >= 0.6 is 0 Å². The molecule has 0 aromatic carbocycles. The second kappa shape index (κ2) is 8.60. The summed E-state index contributed by atoms with van der Waals surface area (Å²) in [5, 5.41) is 0. The van der Waals surface area contributed by atoms with E-state index in [2.05, 4.69) is 6.92 Å². The van der Waals surface area contributed by atoms with Gasteiger partial charge in [-0.2, -0.15) is 0 Å². The minimum Gasteiger partial charge on any atom is -0.462 e. The summed E-state index contributed by atoms with van der Waals surface area (Å²) < 4.78 is 5.40. The van der Waals surface area contributed by atoms with Gasteiger partial charge in [-0.3, -0.25) is 4.79 Å². The van der Waals surface area contributed by atoms with E-state index in [-0.39, 0.29) is 12.1 Å². The Bertz CT molecular complexity index is 183. The Morgan fingerprint density at radius 3 is 2.62 bits per heavy atom. The van der Waals surface area contributed by atoms with Gasteiger partial charge in [-0.15, -0.1) is 0 Å². The van der Waals surface area contributed by atoms with Gasteiger partial charge in [0.1, 0.15) is 6.10 Å². The third-order valence-electron chi connectivity index (χ3n) is 3.20. The maximum Gasteiger partial charge on any atom is 0.310 e. The SMILES string of the molecule is CCCCCC[CH]C(=O)OC1CCCCC1. The second-order valence-corrected chi connectivity index (χ2v) is 4.75. The molecule has 0 N–H and O–H groups in total. The van der Waals surface area contributed by atoms with Crippen LogP contribution in [0.4, 0.5) is 0 Å². The largest absolute Gasteiger partial charge is 0.462 e. The fourth-order valence-electron chi connectivity index (χ4n) is 2.19. The van der Waals surface area contributed by atoms with Crippen LogP contribution in [0, 0.1) is 6.42 Å². The molecule has 0 bridgehead atoms. The van der Waals surface area contributed by atoms with E-state index in [0.29, 0.717) is 0 Å². The minimum atomic E-state index is -0.0941. The van der Waals surface area contributed by atoms with Crippen molar-refractivity contribution in [3.63, 3.8) is 0 Å². The standard InChI is InChI=1S/C14H25O2/c1-2-3-4-5-9-12-14(15)16-13-10-7-6-8-11-13/h12-13H,2-11H2,1H3. The molecule has 0 saturated heterocycles. The molecule has 0 heterocycles. The molecule has 0 atom stereocenters. The van der Waals surface area contributed by atoms with Gasteiger partial charge in [-0.25, -0.2) is 0 Å². The summed E-state index contributed by atoms with van der Waals surface area (Å²) >= 11 is 0. The predicted molar refractivity (Wildman–Crippen MR) is 66.0 cm³/mol. The van der Waals surface area contributed by atoms with Crippen molar-refractivity contribution in [3.8, 4) is 0 Å². The van der Waals surface area contributed by atoms with Crippen LogP contribution in [0.25, 0.3) is 0 Å². The molecule has 0 aliphatic heterocycles. The topological polar surface area (TPSA) is 26.3 Å². The summed E-state index contributed by atoms with van der Waals surface area (Å²) in [6.45, 7) is 2.20. The Balaban J connectivity index is 1.97. The molecule has 1 aliphatic rings. The summed E-state index contributed by atoms with van der Waals surface area (Å²) in [5.41, 5.74) is 0. The fourth-order valence-corrected chi connectivity index (χ4v) is 2.19. The van der Waals surface area contributed by atoms with Gasteiger partial charge in [0.05, 0.1) is 6.42 Å². The van der Waals surface area contributed by atoms with Crippen LogP contribution in [0.2, 0.25) is 0 Å². The van der Waals surface area contributed by atoms with Crippen LogP contribution < -0.4 is 0 Å². The number of hydrogen-bond acceptors (Lipinski definition) is 2. The van der Waals surface area contributed by atoms with Crippen molar-refractivity contribution in [2.75, 3.05) is 0 Å². The summed E-state index contributed by atoms with van der Waals surface area (Å²) in [6.07, 6.45) is 13.5. The number of hydrogen-bond donors (Lipinski definition) is 0. The molecule has 1 saturated carbocycles. The lowest BCUT2D eigenvalue weighted by Crippen LogP contribution is -2.20. The average molecular weight is 225 g/mol. The van der Waals surface area contributed by atoms with Gasteiger partial charge in [-0.05, 0) is 32.1 Å². The van der Waals surface area contributed by atoms with Crippen molar-refractivity contribution < 1.29 is 9.53 Å². The van der Waals surface area contributed by atoms with Gasteiger partial charge in [0.15, 0.2) is 0 Å². The molecule has 1 radical (unpaired) electrons. The molecule has 2 nitrogen and oxygen atoms in total. The zero-order valence-corrected chi connectivity index (χ0v) is 10.5. The van der Waals surface area contributed by atoms with E-state index in [4.69, 9.17) is 4.74 Å². The number of ether oxygens (including phenoxy) is 1. The molecule has 93 valence electrons. The van der Waals surface area contributed by atoms with Gasteiger partial charge >= 0.3 is 5.97 Å². The molecule has 1 fully saturated rings. The van der Waals surface area contributed by atoms with E-state index in [1.165, 1.54) is 38.5 Å². The number of carbonyl (C=O) groups excluding carboxylic acids is 1. The predicted octanol–water partition coefficient (Wildman–Crippen LogP) is 4.04. The summed E-state index contributed by atoms with van der Waals surface area (Å²) in [7, 11) is 0. The second-order valence-electron chi connectivity index (χ2n) is 4.75. The van der Waals surface area contributed by atoms with E-state index >= 15 is 0 Å². The monoisotopic (exact) mass is 225 g/mol. The molecule has 0 aromatic rings. The van der Waals surface area contributed by atoms with Gasteiger partial charge in [-0.1, -0.05) is 39.0 Å². The molecular weight excluding hydrogens is 200 g/mol. The van der Waals surface area contributed by atoms with Gasteiger partial charge < -0.3 is 4.74 Å². The Kier molecular flexibility index (Phi) is 7.28. The van der Waals surface area contributed by atoms with Gasteiger partial charge in [0, 0.05) is 0 Å². The van der Waals surface area contributed by atoms with Gasteiger partial charge in [0.25, 0.3) is 0 Å². The van der Waals surface area contributed by atoms with E-state index in [1.54, 1.807) is 6.42 Å². The lowest BCUT2D eigenvalue weighted by Gasteiger charge is -2.21. The third kappa shape index (κ3) is 6.14. The lowest BCUT2D eigenvalue weighted by molar-refractivity contribution is -0.146. The molecule has 16 heavy (non-hydrogen) atoms. The van der Waals surface area contributed by atoms with Crippen LogP contribution in [0.5, 0.6) is 0 Å². The highest BCUT2D eigenvalue weighted by molar-refractivity contribution is 5.78. The van der Waals surface area contributed by atoms with Crippen molar-refractivity contribution in [1.29, 1.82) is 0 Å². The first-order valence-electron chi connectivity index (χ1n) is 6.86. The highest BCUT2D eigenvalue weighted by Gasteiger charge is 2.17. The summed E-state index contributed by atoms with van der Waals surface area (Å²) in [6, 6.07) is 0. The molecule has 1 rings (SSSR count). The summed E-state index contributed by atoms with van der Waals surface area (Å²) in [4.78, 5) is 11.5. The van der Waals surface area contributed by atoms with Crippen molar-refractivity contribution >= 4 is 5.97 Å². The maximum absolute atomic E-state index is 11.5. The Labute approximate surface area is 99.8 Å². The highest BCUT2D eigenvalue weighted by atomic mass is 16.5. The lowest BCUT2D eigenvalue weighted by atomic mass is 9.98. The molecule has 1 aliphatic carbocycles. The number of carbonyl (C=O) groups is 1. The molecule has 2 heteroatoms. The molecule has 0 spiro atoms. The van der Waals surface area contributed by atoms with Gasteiger partial charge in [0.2, 0.25) is 0 Å². The van der Waals surface area contributed by atoms with Crippen LogP contribution in [-0.2, 0) is 9.53 Å². The smallest absolute Gasteiger partial charge is 0.310 e. The first-order valence-corrected chi connectivity index (χ1v) is 6.86. The molecule has 0 amide bonds. The normalized spacial score (nSPS) is 17.3. The number of esters is 1. The van der Waals surface area contributed by atoms with Crippen LogP contribution in [-0.4, -0.2) is 12.1 Å². The van der Waals surface area contributed by atoms with Crippen molar-refractivity contribution in [3.05, 3.63) is 6.42 Å². The minimum absolute atomic E-state index is 0.0941. The Morgan fingerprint density at radius 1 is 1.19 bits per heavy atom. The maximum atomic E-state index is 11.5. The summed E-state index contributed by atoms with van der Waals surface area (Å²) in [5.74, 6) is -0.0941. The van der Waals surface area contributed by atoms with Crippen LogP contribution in [0.3, 0.4) is 0 Å². The van der Waals surface area contributed by atoms with E-state index in [0.717, 1.165) is 25.7 Å². The molecule has 0 aromatic heterocycles. The first kappa shape index (κ1) is 13.5. The van der Waals surface area contributed by atoms with Crippen LogP contribution in [0.1, 0.15) is 71.1 Å². The third-order valence-corrected chi connectivity index (χ3v) is 3.20. The van der Waals surface area contributed by atoms with Crippen LogP contribution in [0.15, 0.2) is 0 Å². The first-order chi connectivity index (χ1) is 7.83. The Morgan fingerprint density at radius 2 is 1.94 bits per heavy atom. The van der Waals surface area contributed by atoms with E-state index in [9.17, 15) is 4.79 Å². The Hall–Kier alpha value is -0.530.